The molecule has 13 heavy (non-hydrogen) atoms. The second-order valence-corrected chi connectivity index (χ2v) is 4.58. The van der Waals surface area contributed by atoms with Crippen molar-refractivity contribution in [2.24, 2.45) is 5.41 Å². The molecule has 1 N–H and O–H groups in total. The van der Waals surface area contributed by atoms with Gasteiger partial charge in [-0.25, -0.2) is 0 Å². The fraction of sp³-hybridized carbons (Fsp3) is 0.857. The fourth-order valence-corrected chi connectivity index (χ4v) is 1.57. The Labute approximate surface area is 106 Å². The topological polar surface area (TPSA) is 69.2 Å². The van der Waals surface area contributed by atoms with E-state index in [1.807, 2.05) is 20.8 Å². The average molecular weight is 280 g/mol. The summed E-state index contributed by atoms with van der Waals surface area (Å²) >= 11 is -2.13. The van der Waals surface area contributed by atoms with Gasteiger partial charge in [0.1, 0.15) is 0 Å². The third kappa shape index (κ3) is 7.73. The van der Waals surface area contributed by atoms with E-state index in [4.69, 9.17) is 0 Å². The molecule has 6 heteroatoms. The molecule has 0 heterocycles. The van der Waals surface area contributed by atoms with Gasteiger partial charge in [-0.3, -0.25) is 4.21 Å². The van der Waals surface area contributed by atoms with Gasteiger partial charge >= 0.3 is 0 Å². The Kier molecular flexibility index (Phi) is 8.73. The minimum absolute atomic E-state index is 0. The maximum Gasteiger partial charge on any atom is 0.0284 e. The van der Waals surface area contributed by atoms with Crippen LogP contribution >= 0.6 is 0 Å². The van der Waals surface area contributed by atoms with Crippen LogP contribution in [0.4, 0.5) is 0 Å². The molecule has 0 saturated heterocycles. The van der Waals surface area contributed by atoms with Crippen molar-refractivity contribution in [3.05, 3.63) is 0 Å². The monoisotopic (exact) mass is 280 g/mol. The maximum atomic E-state index is 10.4. The van der Waals surface area contributed by atoms with Crippen LogP contribution in [0.1, 0.15) is 20.8 Å². The molecule has 0 fully saturated rings. The molecule has 2 unspecified atom stereocenters. The summed E-state index contributed by atoms with van der Waals surface area (Å²) in [5.74, 6) is -0.0707. The number of hydrogen-bond donors (Lipinski definition) is 1. The second-order valence-electron chi connectivity index (χ2n) is 3.64. The third-order valence-electron chi connectivity index (χ3n) is 1.58. The molecule has 0 spiro atoms. The summed E-state index contributed by atoms with van der Waals surface area (Å²) in [6.45, 7) is 5.57. The van der Waals surface area contributed by atoms with Crippen LogP contribution in [0.5, 0.6) is 0 Å². The Morgan fingerprint density at radius 2 is 2.00 bits per heavy atom. The molecular weight excluding hydrogens is 267 g/mol. The van der Waals surface area contributed by atoms with Crippen LogP contribution in [0.25, 0.3) is 0 Å². The fourth-order valence-electron chi connectivity index (χ4n) is 0.715. The summed E-state index contributed by atoms with van der Waals surface area (Å²) in [5, 5.41) is 2.36. The number of hydrogen-bond acceptors (Lipinski definition) is 3. The Morgan fingerprint density at radius 1 is 1.54 bits per heavy atom. The molecular formula is C7H13NO3SY-2. The molecule has 1 radical (unpaired) electrons. The van der Waals surface area contributed by atoms with Gasteiger partial charge in [0.2, 0.25) is 0 Å². The summed E-state index contributed by atoms with van der Waals surface area (Å²) in [4.78, 5) is 10.0. The zero-order chi connectivity index (χ0) is 9.78. The standard InChI is InChI=1S/C7H14NO3S.Y/c1-7(2,3)6(8-5-9)4-12(10)11;/h6H,4H2,1-3H3,(H,8,9)(H,10,11);/q-1;/p-1. The Morgan fingerprint density at radius 3 is 2.23 bits per heavy atom. The van der Waals surface area contributed by atoms with Crippen molar-refractivity contribution in [3.8, 4) is 0 Å². The molecule has 4 nitrogen and oxygen atoms in total. The van der Waals surface area contributed by atoms with Gasteiger partial charge in [0.25, 0.3) is 0 Å². The van der Waals surface area contributed by atoms with Crippen LogP contribution < -0.4 is 5.32 Å². The summed E-state index contributed by atoms with van der Waals surface area (Å²) < 4.78 is 20.7. The van der Waals surface area contributed by atoms with Crippen LogP contribution in [0.3, 0.4) is 0 Å². The van der Waals surface area contributed by atoms with Gasteiger partial charge in [-0.15, -0.1) is 0 Å². The van der Waals surface area contributed by atoms with Crippen LogP contribution in [-0.2, 0) is 48.6 Å². The quantitative estimate of drug-likeness (QED) is 0.445. The Bertz CT molecular complexity index is 181. The molecule has 0 rings (SSSR count). The first-order valence-corrected chi connectivity index (χ1v) is 4.81. The predicted molar refractivity (Wildman–Crippen MR) is 45.9 cm³/mol. The molecule has 0 aromatic carbocycles. The molecule has 0 aromatic heterocycles. The van der Waals surface area contributed by atoms with Crippen LogP contribution in [-0.4, -0.2) is 27.0 Å². The molecule has 0 aromatic rings. The SMILES string of the molecule is CC(C)(C)C(CS(=O)[O-])N[C-]=O.[Y]. The van der Waals surface area contributed by atoms with Crippen LogP contribution in [0.2, 0.25) is 0 Å². The van der Waals surface area contributed by atoms with Gasteiger partial charge < -0.3 is 14.7 Å². The summed E-state index contributed by atoms with van der Waals surface area (Å²) in [6.07, 6.45) is 1.51. The van der Waals surface area contributed by atoms with Crippen molar-refractivity contribution in [1.82, 2.24) is 5.32 Å². The van der Waals surface area contributed by atoms with E-state index in [2.05, 4.69) is 5.32 Å². The van der Waals surface area contributed by atoms with Gasteiger partial charge in [0, 0.05) is 44.5 Å². The summed E-state index contributed by atoms with van der Waals surface area (Å²) in [7, 11) is 0. The van der Waals surface area contributed by atoms with E-state index in [-0.39, 0.29) is 49.9 Å². The van der Waals surface area contributed by atoms with Gasteiger partial charge in [0.15, 0.2) is 0 Å². The minimum Gasteiger partial charge on any atom is -0.772 e. The van der Waals surface area contributed by atoms with E-state index in [1.165, 1.54) is 6.41 Å². The van der Waals surface area contributed by atoms with Crippen molar-refractivity contribution >= 4 is 17.5 Å². The number of amides is 1. The van der Waals surface area contributed by atoms with Crippen molar-refractivity contribution in [2.45, 2.75) is 26.8 Å². The van der Waals surface area contributed by atoms with E-state index >= 15 is 0 Å². The molecule has 0 bridgehead atoms. The molecule has 2 atom stereocenters. The molecule has 0 aliphatic carbocycles. The second kappa shape index (κ2) is 7.04. The number of nitrogens with one attached hydrogen (secondary N) is 1. The van der Waals surface area contributed by atoms with Crippen LogP contribution in [0.15, 0.2) is 0 Å². The molecule has 75 valence electrons. The minimum atomic E-state index is -2.13. The van der Waals surface area contributed by atoms with Crippen molar-refractivity contribution in [1.29, 1.82) is 0 Å². The van der Waals surface area contributed by atoms with Gasteiger partial charge in [-0.1, -0.05) is 31.9 Å². The molecule has 1 amide bonds. The first-order chi connectivity index (χ1) is 5.38. The maximum absolute atomic E-state index is 10.4. The van der Waals surface area contributed by atoms with Gasteiger partial charge in [-0.2, -0.15) is 6.41 Å². The largest absolute Gasteiger partial charge is 0.772 e. The summed E-state index contributed by atoms with van der Waals surface area (Å²) in [5.41, 5.74) is -0.266. The summed E-state index contributed by atoms with van der Waals surface area (Å²) in [6, 6.07) is -0.381. The van der Waals surface area contributed by atoms with Gasteiger partial charge in [0.05, 0.1) is 0 Å². The van der Waals surface area contributed by atoms with Crippen molar-refractivity contribution < 1.29 is 46.3 Å². The van der Waals surface area contributed by atoms with E-state index in [0.717, 1.165) is 0 Å². The van der Waals surface area contributed by atoms with E-state index < -0.39 is 11.1 Å². The molecule has 0 saturated carbocycles. The van der Waals surface area contributed by atoms with Crippen molar-refractivity contribution in [3.63, 3.8) is 0 Å². The predicted octanol–water partition coefficient (Wildman–Crippen LogP) is -0.0655. The van der Waals surface area contributed by atoms with E-state index in [1.54, 1.807) is 0 Å². The zero-order valence-electron chi connectivity index (χ0n) is 7.99. The third-order valence-corrected chi connectivity index (χ3v) is 2.19. The number of rotatable bonds is 4. The molecule has 0 aliphatic rings. The smallest absolute Gasteiger partial charge is 0.0284 e. The van der Waals surface area contributed by atoms with Crippen LogP contribution in [0, 0.1) is 5.41 Å². The molecule has 0 aliphatic heterocycles. The Hall–Kier alpha value is 0.684. The Balaban J connectivity index is 0. The average Bonchev–Trinajstić information content (AvgIpc) is 1.83. The van der Waals surface area contributed by atoms with Crippen molar-refractivity contribution in [2.75, 3.05) is 5.75 Å². The first kappa shape index (κ1) is 16.1. The number of carbonyl (C=O) groups excluding carboxylic acids is 1. The normalized spacial score (nSPS) is 15.4. The zero-order valence-corrected chi connectivity index (χ0v) is 11.6. The first-order valence-electron chi connectivity index (χ1n) is 3.56. The van der Waals surface area contributed by atoms with E-state index in [9.17, 15) is 13.6 Å². The van der Waals surface area contributed by atoms with E-state index in [0.29, 0.717) is 0 Å². The van der Waals surface area contributed by atoms with Gasteiger partial charge in [-0.05, 0) is 5.41 Å².